The molecule has 0 atom stereocenters. The van der Waals surface area contributed by atoms with Crippen molar-refractivity contribution in [2.45, 2.75) is 25.3 Å². The SMILES string of the molecule is COCCOC(=O)NC1CCC1. The van der Waals surface area contributed by atoms with Gasteiger partial charge in [0, 0.05) is 13.2 Å². The minimum absolute atomic E-state index is 0.322. The van der Waals surface area contributed by atoms with Gasteiger partial charge in [-0.25, -0.2) is 4.79 Å². The van der Waals surface area contributed by atoms with E-state index in [0.29, 0.717) is 19.3 Å². The molecule has 4 heteroatoms. The van der Waals surface area contributed by atoms with Crippen LogP contribution in [0.3, 0.4) is 0 Å². The third-order valence-corrected chi connectivity index (χ3v) is 1.95. The molecule has 1 N–H and O–H groups in total. The number of ether oxygens (including phenoxy) is 2. The van der Waals surface area contributed by atoms with Crippen LogP contribution in [0.4, 0.5) is 4.79 Å². The quantitative estimate of drug-likeness (QED) is 0.643. The molecule has 1 rings (SSSR count). The minimum atomic E-state index is -0.322. The van der Waals surface area contributed by atoms with Crippen LogP contribution in [0.1, 0.15) is 19.3 Å². The lowest BCUT2D eigenvalue weighted by Gasteiger charge is -2.25. The fourth-order valence-corrected chi connectivity index (χ4v) is 0.979. The summed E-state index contributed by atoms with van der Waals surface area (Å²) in [5.74, 6) is 0. The van der Waals surface area contributed by atoms with E-state index in [9.17, 15) is 4.79 Å². The van der Waals surface area contributed by atoms with Crippen molar-refractivity contribution in [1.82, 2.24) is 5.32 Å². The summed E-state index contributed by atoms with van der Waals surface area (Å²) >= 11 is 0. The van der Waals surface area contributed by atoms with E-state index in [1.54, 1.807) is 7.11 Å². The first kappa shape index (κ1) is 9.32. The highest BCUT2D eigenvalue weighted by molar-refractivity contribution is 5.67. The third kappa shape index (κ3) is 3.09. The molecule has 1 amide bonds. The smallest absolute Gasteiger partial charge is 0.407 e. The number of alkyl carbamates (subject to hydrolysis) is 1. The molecule has 0 aromatic carbocycles. The number of amides is 1. The van der Waals surface area contributed by atoms with E-state index in [1.165, 1.54) is 6.42 Å². The summed E-state index contributed by atoms with van der Waals surface area (Å²) in [4.78, 5) is 10.9. The van der Waals surface area contributed by atoms with Gasteiger partial charge in [-0.1, -0.05) is 0 Å². The van der Waals surface area contributed by atoms with E-state index in [2.05, 4.69) is 5.32 Å². The van der Waals surface area contributed by atoms with Gasteiger partial charge < -0.3 is 14.8 Å². The molecule has 0 saturated heterocycles. The lowest BCUT2D eigenvalue weighted by Crippen LogP contribution is -2.40. The largest absolute Gasteiger partial charge is 0.447 e. The topological polar surface area (TPSA) is 47.6 Å². The number of carbonyl (C=O) groups is 1. The zero-order valence-corrected chi connectivity index (χ0v) is 7.34. The maximum atomic E-state index is 10.9. The molecule has 1 aliphatic carbocycles. The van der Waals surface area contributed by atoms with Crippen molar-refractivity contribution in [1.29, 1.82) is 0 Å². The first-order chi connectivity index (χ1) is 5.83. The number of hydrogen-bond acceptors (Lipinski definition) is 3. The summed E-state index contributed by atoms with van der Waals surface area (Å²) in [5.41, 5.74) is 0. The van der Waals surface area contributed by atoms with E-state index in [1.807, 2.05) is 0 Å². The van der Waals surface area contributed by atoms with Gasteiger partial charge in [0.15, 0.2) is 0 Å². The molecule has 0 spiro atoms. The number of rotatable bonds is 4. The van der Waals surface area contributed by atoms with Crippen molar-refractivity contribution in [3.05, 3.63) is 0 Å². The number of nitrogens with one attached hydrogen (secondary N) is 1. The Balaban J connectivity index is 1.95. The van der Waals surface area contributed by atoms with Gasteiger partial charge in [-0.05, 0) is 19.3 Å². The zero-order chi connectivity index (χ0) is 8.81. The summed E-state index contributed by atoms with van der Waals surface area (Å²) in [6, 6.07) is 0.347. The van der Waals surface area contributed by atoms with Crippen LogP contribution in [-0.2, 0) is 9.47 Å². The average molecular weight is 173 g/mol. The molecule has 0 aliphatic heterocycles. The van der Waals surface area contributed by atoms with E-state index >= 15 is 0 Å². The molecule has 1 saturated carbocycles. The molecule has 70 valence electrons. The molecule has 0 aromatic heterocycles. The minimum Gasteiger partial charge on any atom is -0.447 e. The molecule has 12 heavy (non-hydrogen) atoms. The molecular formula is C8H15NO3. The zero-order valence-electron chi connectivity index (χ0n) is 7.34. The predicted octanol–water partition coefficient (Wildman–Crippen LogP) is 0.911. The Morgan fingerprint density at radius 2 is 2.25 bits per heavy atom. The van der Waals surface area contributed by atoms with Gasteiger partial charge in [0.25, 0.3) is 0 Å². The van der Waals surface area contributed by atoms with Crippen LogP contribution >= 0.6 is 0 Å². The molecule has 1 aliphatic rings. The van der Waals surface area contributed by atoms with Gasteiger partial charge >= 0.3 is 6.09 Å². The molecule has 1 fully saturated rings. The van der Waals surface area contributed by atoms with Crippen LogP contribution in [0.25, 0.3) is 0 Å². The van der Waals surface area contributed by atoms with Crippen LogP contribution < -0.4 is 5.32 Å². The Morgan fingerprint density at radius 1 is 1.50 bits per heavy atom. The Labute approximate surface area is 72.2 Å². The monoisotopic (exact) mass is 173 g/mol. The Morgan fingerprint density at radius 3 is 2.75 bits per heavy atom. The number of hydrogen-bond donors (Lipinski definition) is 1. The van der Waals surface area contributed by atoms with Gasteiger partial charge in [0.05, 0.1) is 6.61 Å². The first-order valence-electron chi connectivity index (χ1n) is 4.25. The summed E-state index contributed by atoms with van der Waals surface area (Å²) in [7, 11) is 1.58. The lowest BCUT2D eigenvalue weighted by molar-refractivity contribution is 0.0938. The first-order valence-corrected chi connectivity index (χ1v) is 4.25. The Bertz CT molecular complexity index is 145. The standard InChI is InChI=1S/C8H15NO3/c1-11-5-6-12-8(10)9-7-3-2-4-7/h7H,2-6H2,1H3,(H,9,10). The second-order valence-corrected chi connectivity index (χ2v) is 2.90. The average Bonchev–Trinajstić information content (AvgIpc) is 1.98. The fourth-order valence-electron chi connectivity index (χ4n) is 0.979. The van der Waals surface area contributed by atoms with E-state index in [0.717, 1.165) is 12.8 Å². The molecule has 0 heterocycles. The van der Waals surface area contributed by atoms with Gasteiger partial charge in [-0.2, -0.15) is 0 Å². The van der Waals surface area contributed by atoms with Crippen molar-refractivity contribution in [2.24, 2.45) is 0 Å². The van der Waals surface area contributed by atoms with Crippen LogP contribution in [0.2, 0.25) is 0 Å². The molecule has 0 bridgehead atoms. The second-order valence-electron chi connectivity index (χ2n) is 2.90. The van der Waals surface area contributed by atoms with Crippen molar-refractivity contribution in [2.75, 3.05) is 20.3 Å². The fraction of sp³-hybridized carbons (Fsp3) is 0.875. The maximum absolute atomic E-state index is 10.9. The van der Waals surface area contributed by atoms with Gasteiger partial charge in [-0.15, -0.1) is 0 Å². The van der Waals surface area contributed by atoms with Crippen molar-refractivity contribution in [3.63, 3.8) is 0 Å². The van der Waals surface area contributed by atoms with Crippen molar-refractivity contribution in [3.8, 4) is 0 Å². The second kappa shape index (κ2) is 4.98. The maximum Gasteiger partial charge on any atom is 0.407 e. The molecule has 0 unspecified atom stereocenters. The summed E-state index contributed by atoms with van der Waals surface area (Å²) in [6.45, 7) is 0.785. The van der Waals surface area contributed by atoms with E-state index in [4.69, 9.17) is 9.47 Å². The Hall–Kier alpha value is -0.770. The van der Waals surface area contributed by atoms with Gasteiger partial charge in [0.2, 0.25) is 0 Å². The number of carbonyl (C=O) groups excluding carboxylic acids is 1. The van der Waals surface area contributed by atoms with Gasteiger partial charge in [-0.3, -0.25) is 0 Å². The van der Waals surface area contributed by atoms with Crippen LogP contribution in [0.15, 0.2) is 0 Å². The highest BCUT2D eigenvalue weighted by atomic mass is 16.6. The lowest BCUT2D eigenvalue weighted by atomic mass is 9.93. The van der Waals surface area contributed by atoms with Gasteiger partial charge in [0.1, 0.15) is 6.61 Å². The molecule has 0 aromatic rings. The van der Waals surface area contributed by atoms with Crippen LogP contribution in [0.5, 0.6) is 0 Å². The molecular weight excluding hydrogens is 158 g/mol. The predicted molar refractivity (Wildman–Crippen MR) is 44.0 cm³/mol. The van der Waals surface area contributed by atoms with E-state index in [-0.39, 0.29) is 6.09 Å². The van der Waals surface area contributed by atoms with E-state index < -0.39 is 0 Å². The third-order valence-electron chi connectivity index (χ3n) is 1.95. The normalized spacial score (nSPS) is 16.8. The highest BCUT2D eigenvalue weighted by Gasteiger charge is 2.19. The highest BCUT2D eigenvalue weighted by Crippen LogP contribution is 2.17. The number of methoxy groups -OCH3 is 1. The van der Waals surface area contributed by atoms with Crippen molar-refractivity contribution < 1.29 is 14.3 Å². The van der Waals surface area contributed by atoms with Crippen LogP contribution in [-0.4, -0.2) is 32.5 Å². The molecule has 4 nitrogen and oxygen atoms in total. The summed E-state index contributed by atoms with van der Waals surface area (Å²) < 4.78 is 9.55. The Kier molecular flexibility index (Phi) is 3.87. The molecule has 0 radical (unpaired) electrons. The summed E-state index contributed by atoms with van der Waals surface area (Å²) in [5, 5.41) is 2.76. The van der Waals surface area contributed by atoms with Crippen LogP contribution in [0, 0.1) is 0 Å². The van der Waals surface area contributed by atoms with Crippen molar-refractivity contribution >= 4 is 6.09 Å². The summed E-state index contributed by atoms with van der Waals surface area (Å²) in [6.07, 6.45) is 3.05.